The van der Waals surface area contributed by atoms with Gasteiger partial charge in [0.1, 0.15) is 0 Å². The molecule has 2 N–H and O–H groups in total. The Bertz CT molecular complexity index is 334. The minimum Gasteiger partial charge on any atom is -0.481 e. The number of carbonyl (C=O) groups is 2. The monoisotopic (exact) mass is 212 g/mol. The zero-order valence-corrected chi connectivity index (χ0v) is 8.27. The number of carbonyl (C=O) groups excluding carboxylic acids is 1. The van der Waals surface area contributed by atoms with E-state index in [2.05, 4.69) is 15.0 Å². The highest BCUT2D eigenvalue weighted by Crippen LogP contribution is 2.01. The lowest BCUT2D eigenvalue weighted by atomic mass is 10.1. The second-order valence-electron chi connectivity index (χ2n) is 3.29. The smallest absolute Gasteiger partial charge is 0.303 e. The highest BCUT2D eigenvalue weighted by atomic mass is 16.5. The van der Waals surface area contributed by atoms with Gasteiger partial charge in [-0.05, 0) is 5.92 Å². The van der Waals surface area contributed by atoms with E-state index in [4.69, 9.17) is 5.11 Å². The van der Waals surface area contributed by atoms with Gasteiger partial charge in [-0.15, -0.1) is 0 Å². The van der Waals surface area contributed by atoms with Crippen molar-refractivity contribution in [1.82, 2.24) is 10.5 Å². The summed E-state index contributed by atoms with van der Waals surface area (Å²) in [5.41, 5.74) is 0. The molecule has 0 bridgehead atoms. The van der Waals surface area contributed by atoms with Crippen LogP contribution in [0.1, 0.15) is 23.9 Å². The van der Waals surface area contributed by atoms with Crippen molar-refractivity contribution >= 4 is 11.9 Å². The van der Waals surface area contributed by atoms with Crippen molar-refractivity contribution in [3.8, 4) is 0 Å². The Morgan fingerprint density at radius 3 is 2.93 bits per heavy atom. The van der Waals surface area contributed by atoms with E-state index in [0.717, 1.165) is 0 Å². The van der Waals surface area contributed by atoms with Crippen LogP contribution in [0.2, 0.25) is 0 Å². The van der Waals surface area contributed by atoms with Crippen molar-refractivity contribution in [2.24, 2.45) is 5.92 Å². The Kier molecular flexibility index (Phi) is 3.84. The SMILES string of the molecule is CC(CNC(=O)c1ccno1)CC(=O)O. The number of hydrogen-bond acceptors (Lipinski definition) is 4. The molecule has 1 rings (SSSR count). The maximum Gasteiger partial charge on any atom is 0.303 e. The van der Waals surface area contributed by atoms with Crippen LogP contribution in [-0.2, 0) is 4.79 Å². The second-order valence-corrected chi connectivity index (χ2v) is 3.29. The number of rotatable bonds is 5. The van der Waals surface area contributed by atoms with Crippen LogP contribution in [0.25, 0.3) is 0 Å². The van der Waals surface area contributed by atoms with Crippen LogP contribution in [0.5, 0.6) is 0 Å². The molecule has 1 heterocycles. The Morgan fingerprint density at radius 2 is 2.40 bits per heavy atom. The first-order chi connectivity index (χ1) is 7.09. The van der Waals surface area contributed by atoms with Gasteiger partial charge in [-0.25, -0.2) is 0 Å². The summed E-state index contributed by atoms with van der Waals surface area (Å²) in [6, 6.07) is 1.44. The van der Waals surface area contributed by atoms with E-state index in [1.807, 2.05) is 0 Å². The molecular weight excluding hydrogens is 200 g/mol. The van der Waals surface area contributed by atoms with E-state index in [-0.39, 0.29) is 24.0 Å². The number of amides is 1. The first-order valence-electron chi connectivity index (χ1n) is 4.50. The van der Waals surface area contributed by atoms with Gasteiger partial charge < -0.3 is 14.9 Å². The molecule has 0 aliphatic carbocycles. The lowest BCUT2D eigenvalue weighted by molar-refractivity contribution is -0.137. The van der Waals surface area contributed by atoms with E-state index < -0.39 is 5.97 Å². The zero-order valence-electron chi connectivity index (χ0n) is 8.27. The topological polar surface area (TPSA) is 92.4 Å². The molecule has 1 unspecified atom stereocenters. The van der Waals surface area contributed by atoms with E-state index in [9.17, 15) is 9.59 Å². The number of carboxylic acids is 1. The largest absolute Gasteiger partial charge is 0.481 e. The number of nitrogens with one attached hydrogen (secondary N) is 1. The number of hydrogen-bond donors (Lipinski definition) is 2. The lowest BCUT2D eigenvalue weighted by Gasteiger charge is -2.08. The summed E-state index contributed by atoms with van der Waals surface area (Å²) in [6.45, 7) is 2.04. The van der Waals surface area contributed by atoms with Crippen LogP contribution in [0.4, 0.5) is 0 Å². The average molecular weight is 212 g/mol. The molecule has 82 valence electrons. The third kappa shape index (κ3) is 3.80. The van der Waals surface area contributed by atoms with E-state index >= 15 is 0 Å². The molecule has 0 aromatic carbocycles. The Balaban J connectivity index is 2.31. The van der Waals surface area contributed by atoms with Crippen molar-refractivity contribution in [3.63, 3.8) is 0 Å². The van der Waals surface area contributed by atoms with Gasteiger partial charge in [0.2, 0.25) is 5.76 Å². The van der Waals surface area contributed by atoms with Crippen LogP contribution in [0.15, 0.2) is 16.8 Å². The number of nitrogens with zero attached hydrogens (tertiary/aromatic N) is 1. The fraction of sp³-hybridized carbons (Fsp3) is 0.444. The highest BCUT2D eigenvalue weighted by Gasteiger charge is 2.12. The fourth-order valence-electron chi connectivity index (χ4n) is 1.06. The molecule has 0 aliphatic rings. The van der Waals surface area contributed by atoms with Crippen molar-refractivity contribution in [3.05, 3.63) is 18.0 Å². The summed E-state index contributed by atoms with van der Waals surface area (Å²) in [5, 5.41) is 14.4. The van der Waals surface area contributed by atoms with E-state index in [1.54, 1.807) is 6.92 Å². The number of carboxylic acid groups (broad SMARTS) is 1. The number of aliphatic carboxylic acids is 1. The highest BCUT2D eigenvalue weighted by molar-refractivity contribution is 5.91. The summed E-state index contributed by atoms with van der Waals surface area (Å²) in [5.74, 6) is -1.26. The summed E-state index contributed by atoms with van der Waals surface area (Å²) in [7, 11) is 0. The van der Waals surface area contributed by atoms with E-state index in [0.29, 0.717) is 6.54 Å². The zero-order chi connectivity index (χ0) is 11.3. The molecule has 0 saturated carbocycles. The molecule has 0 saturated heterocycles. The molecule has 6 nitrogen and oxygen atoms in total. The molecular formula is C9H12N2O4. The van der Waals surface area contributed by atoms with Crippen LogP contribution in [-0.4, -0.2) is 28.7 Å². The molecule has 6 heteroatoms. The fourth-order valence-corrected chi connectivity index (χ4v) is 1.06. The lowest BCUT2D eigenvalue weighted by Crippen LogP contribution is -2.28. The summed E-state index contributed by atoms with van der Waals surface area (Å²) < 4.78 is 4.63. The van der Waals surface area contributed by atoms with Gasteiger partial charge in [0.15, 0.2) is 0 Å². The molecule has 1 amide bonds. The average Bonchev–Trinajstić information content (AvgIpc) is 2.65. The predicted octanol–water partition coefficient (Wildman–Crippen LogP) is 0.515. The van der Waals surface area contributed by atoms with Crippen LogP contribution < -0.4 is 5.32 Å². The van der Waals surface area contributed by atoms with Gasteiger partial charge in [-0.2, -0.15) is 0 Å². The third-order valence-corrected chi connectivity index (χ3v) is 1.80. The van der Waals surface area contributed by atoms with Crippen molar-refractivity contribution in [2.75, 3.05) is 6.54 Å². The van der Waals surface area contributed by atoms with Crippen LogP contribution in [0.3, 0.4) is 0 Å². The maximum atomic E-state index is 11.3. The minimum absolute atomic E-state index is 0.0245. The molecule has 1 aromatic rings. The van der Waals surface area contributed by atoms with Gasteiger partial charge in [-0.1, -0.05) is 12.1 Å². The summed E-state index contributed by atoms with van der Waals surface area (Å²) in [6.07, 6.45) is 1.40. The van der Waals surface area contributed by atoms with Gasteiger partial charge in [-0.3, -0.25) is 9.59 Å². The van der Waals surface area contributed by atoms with Crippen LogP contribution >= 0.6 is 0 Å². The second kappa shape index (κ2) is 5.14. The predicted molar refractivity (Wildman–Crippen MR) is 50.3 cm³/mol. The Hall–Kier alpha value is -1.85. The third-order valence-electron chi connectivity index (χ3n) is 1.80. The standard InChI is InChI=1S/C9H12N2O4/c1-6(4-8(12)13)5-10-9(14)7-2-3-11-15-7/h2-3,6H,4-5H2,1H3,(H,10,14)(H,12,13). The normalized spacial score (nSPS) is 12.1. The van der Waals surface area contributed by atoms with Gasteiger partial charge in [0.05, 0.1) is 6.20 Å². The van der Waals surface area contributed by atoms with Gasteiger partial charge >= 0.3 is 5.97 Å². The van der Waals surface area contributed by atoms with Crippen molar-refractivity contribution in [2.45, 2.75) is 13.3 Å². The van der Waals surface area contributed by atoms with Crippen LogP contribution in [0, 0.1) is 5.92 Å². The van der Waals surface area contributed by atoms with Crippen molar-refractivity contribution in [1.29, 1.82) is 0 Å². The molecule has 0 radical (unpaired) electrons. The molecule has 0 aliphatic heterocycles. The maximum absolute atomic E-state index is 11.3. The first-order valence-corrected chi connectivity index (χ1v) is 4.50. The molecule has 1 aromatic heterocycles. The summed E-state index contributed by atoms with van der Waals surface area (Å²) >= 11 is 0. The number of aromatic nitrogens is 1. The van der Waals surface area contributed by atoms with Crippen molar-refractivity contribution < 1.29 is 19.2 Å². The molecule has 1 atom stereocenters. The molecule has 0 spiro atoms. The molecule has 0 fully saturated rings. The van der Waals surface area contributed by atoms with E-state index in [1.165, 1.54) is 12.3 Å². The Labute approximate surface area is 86.3 Å². The Morgan fingerprint density at radius 1 is 1.67 bits per heavy atom. The first kappa shape index (κ1) is 11.2. The molecule has 15 heavy (non-hydrogen) atoms. The minimum atomic E-state index is -0.878. The summed E-state index contributed by atoms with van der Waals surface area (Å²) in [4.78, 5) is 21.6. The quantitative estimate of drug-likeness (QED) is 0.742. The van der Waals surface area contributed by atoms with Gasteiger partial charge in [0, 0.05) is 19.0 Å². The van der Waals surface area contributed by atoms with Gasteiger partial charge in [0.25, 0.3) is 5.91 Å².